The number of nitrogens with zero attached hydrogens (tertiary/aromatic N) is 1. The number of carbonyl (C=O) groups excluding carboxylic acids is 1. The molecule has 5 nitrogen and oxygen atoms in total. The lowest BCUT2D eigenvalue weighted by atomic mass is 10.1. The van der Waals surface area contributed by atoms with Gasteiger partial charge in [-0.2, -0.15) is 13.2 Å². The van der Waals surface area contributed by atoms with Crippen LogP contribution in [-0.2, 0) is 22.2 Å². The van der Waals surface area contributed by atoms with Gasteiger partial charge in [0.25, 0.3) is 0 Å². The molecule has 3 aromatic rings. The maximum atomic E-state index is 12.7. The van der Waals surface area contributed by atoms with E-state index in [1.165, 1.54) is 23.5 Å². The highest BCUT2D eigenvalue weighted by molar-refractivity contribution is 7.13. The normalized spacial score (nSPS) is 12.4. The van der Waals surface area contributed by atoms with Crippen molar-refractivity contribution < 1.29 is 27.9 Å². The predicted molar refractivity (Wildman–Crippen MR) is 101 cm³/mol. The van der Waals surface area contributed by atoms with Crippen molar-refractivity contribution in [1.29, 1.82) is 0 Å². The molecule has 29 heavy (non-hydrogen) atoms. The van der Waals surface area contributed by atoms with Crippen LogP contribution in [0.1, 0.15) is 22.9 Å². The molecule has 9 heteroatoms. The Morgan fingerprint density at radius 2 is 1.72 bits per heavy atom. The van der Waals surface area contributed by atoms with Crippen molar-refractivity contribution in [1.82, 2.24) is 10.3 Å². The van der Waals surface area contributed by atoms with Gasteiger partial charge in [0, 0.05) is 10.9 Å². The van der Waals surface area contributed by atoms with Gasteiger partial charge in [-0.05, 0) is 17.7 Å². The molecule has 0 saturated heterocycles. The number of aliphatic carboxylic acids is 1. The van der Waals surface area contributed by atoms with Crippen LogP contribution in [0, 0.1) is 0 Å². The van der Waals surface area contributed by atoms with Gasteiger partial charge in [0.1, 0.15) is 5.01 Å². The monoisotopic (exact) mass is 420 g/mol. The third-order valence-electron chi connectivity index (χ3n) is 4.04. The Morgan fingerprint density at radius 3 is 2.31 bits per heavy atom. The minimum absolute atomic E-state index is 0.145. The second-order valence-electron chi connectivity index (χ2n) is 6.15. The molecule has 0 saturated carbocycles. The zero-order chi connectivity index (χ0) is 21.0. The summed E-state index contributed by atoms with van der Waals surface area (Å²) in [5.41, 5.74) is 0.594. The largest absolute Gasteiger partial charge is 0.479 e. The highest BCUT2D eigenvalue weighted by Gasteiger charge is 2.30. The van der Waals surface area contributed by atoms with Gasteiger partial charge in [0.15, 0.2) is 6.04 Å². The van der Waals surface area contributed by atoms with Crippen molar-refractivity contribution >= 4 is 23.2 Å². The molecule has 1 amide bonds. The maximum Gasteiger partial charge on any atom is 0.416 e. The molecule has 150 valence electrons. The first-order valence-electron chi connectivity index (χ1n) is 8.43. The summed E-state index contributed by atoms with van der Waals surface area (Å²) in [4.78, 5) is 28.0. The van der Waals surface area contributed by atoms with Crippen molar-refractivity contribution in [2.45, 2.75) is 18.6 Å². The van der Waals surface area contributed by atoms with E-state index in [1.54, 1.807) is 35.7 Å². The van der Waals surface area contributed by atoms with Crippen molar-refractivity contribution in [3.63, 3.8) is 0 Å². The van der Waals surface area contributed by atoms with Crippen LogP contribution in [-0.4, -0.2) is 22.0 Å². The molecule has 1 heterocycles. The van der Waals surface area contributed by atoms with Gasteiger partial charge in [-0.1, -0.05) is 42.5 Å². The molecule has 0 aliphatic heterocycles. The van der Waals surface area contributed by atoms with E-state index in [1.807, 2.05) is 0 Å². The van der Waals surface area contributed by atoms with Crippen molar-refractivity contribution in [2.75, 3.05) is 0 Å². The third-order valence-corrected chi connectivity index (χ3v) is 4.98. The number of hydrogen-bond donors (Lipinski definition) is 2. The highest BCUT2D eigenvalue weighted by atomic mass is 32.1. The maximum absolute atomic E-state index is 12.7. The van der Waals surface area contributed by atoms with Gasteiger partial charge in [0.05, 0.1) is 17.7 Å². The van der Waals surface area contributed by atoms with Crippen LogP contribution in [0.3, 0.4) is 0 Å². The number of halogens is 3. The predicted octanol–water partition coefficient (Wildman–Crippen LogP) is 4.31. The van der Waals surface area contributed by atoms with E-state index in [0.717, 1.165) is 12.1 Å². The summed E-state index contributed by atoms with van der Waals surface area (Å²) in [6.07, 6.45) is -4.56. The molecule has 0 bridgehead atoms. The SMILES string of the molecule is O=C(Cc1csc(-c2ccc(C(F)(F)F)cc2)n1)NC(C(=O)O)c1ccccc1. The fraction of sp³-hybridized carbons (Fsp3) is 0.150. The van der Waals surface area contributed by atoms with Gasteiger partial charge < -0.3 is 10.4 Å². The molecule has 0 aliphatic rings. The minimum Gasteiger partial charge on any atom is -0.479 e. The molecule has 0 fully saturated rings. The Labute approximate surface area is 167 Å². The topological polar surface area (TPSA) is 79.3 Å². The fourth-order valence-corrected chi connectivity index (χ4v) is 3.46. The van der Waals surface area contributed by atoms with Crippen LogP contribution in [0.15, 0.2) is 60.0 Å². The van der Waals surface area contributed by atoms with Crippen molar-refractivity contribution in [3.8, 4) is 10.6 Å². The number of hydrogen-bond acceptors (Lipinski definition) is 4. The summed E-state index contributed by atoms with van der Waals surface area (Å²) in [7, 11) is 0. The first kappa shape index (κ1) is 20.5. The van der Waals surface area contributed by atoms with Gasteiger partial charge in [-0.15, -0.1) is 11.3 Å². The Hall–Kier alpha value is -3.20. The Balaban J connectivity index is 1.68. The molecule has 0 spiro atoms. The number of benzene rings is 2. The smallest absolute Gasteiger partial charge is 0.416 e. The van der Waals surface area contributed by atoms with E-state index >= 15 is 0 Å². The van der Waals surface area contributed by atoms with E-state index < -0.39 is 29.7 Å². The highest BCUT2D eigenvalue weighted by Crippen LogP contribution is 2.31. The number of carboxylic acid groups (broad SMARTS) is 1. The van der Waals surface area contributed by atoms with Crippen LogP contribution in [0.2, 0.25) is 0 Å². The van der Waals surface area contributed by atoms with Crippen molar-refractivity contribution in [3.05, 3.63) is 76.8 Å². The van der Waals surface area contributed by atoms with E-state index in [9.17, 15) is 27.9 Å². The summed E-state index contributed by atoms with van der Waals surface area (Å²) in [5, 5.41) is 13.9. The number of alkyl halides is 3. The molecule has 2 N–H and O–H groups in total. The lowest BCUT2D eigenvalue weighted by molar-refractivity contribution is -0.142. The summed E-state index contributed by atoms with van der Waals surface area (Å²) in [6.45, 7) is 0. The molecule has 3 rings (SSSR count). The van der Waals surface area contributed by atoms with Gasteiger partial charge in [-0.25, -0.2) is 9.78 Å². The average molecular weight is 420 g/mol. The van der Waals surface area contributed by atoms with E-state index in [2.05, 4.69) is 10.3 Å². The number of amides is 1. The Morgan fingerprint density at radius 1 is 1.07 bits per heavy atom. The first-order valence-corrected chi connectivity index (χ1v) is 9.31. The van der Waals surface area contributed by atoms with Gasteiger partial charge in [-0.3, -0.25) is 4.79 Å². The lowest BCUT2D eigenvalue weighted by Crippen LogP contribution is -2.34. The average Bonchev–Trinajstić information content (AvgIpc) is 3.14. The number of nitrogens with one attached hydrogen (secondary N) is 1. The fourth-order valence-electron chi connectivity index (χ4n) is 2.63. The summed E-state index contributed by atoms with van der Waals surface area (Å²) >= 11 is 1.19. The molecule has 0 aliphatic carbocycles. The van der Waals surface area contributed by atoms with Crippen molar-refractivity contribution in [2.24, 2.45) is 0 Å². The number of carboxylic acids is 1. The number of aromatic nitrogens is 1. The van der Waals surface area contributed by atoms with Crippen LogP contribution >= 0.6 is 11.3 Å². The summed E-state index contributed by atoms with van der Waals surface area (Å²) in [6, 6.07) is 11.7. The lowest BCUT2D eigenvalue weighted by Gasteiger charge is -2.14. The minimum atomic E-state index is -4.41. The van der Waals surface area contributed by atoms with E-state index in [-0.39, 0.29) is 6.42 Å². The summed E-state index contributed by atoms with van der Waals surface area (Å²) < 4.78 is 38.0. The molecule has 0 radical (unpaired) electrons. The number of rotatable bonds is 6. The zero-order valence-corrected chi connectivity index (χ0v) is 15.6. The molecule has 1 aromatic heterocycles. The van der Waals surface area contributed by atoms with Crippen LogP contribution in [0.5, 0.6) is 0 Å². The van der Waals surface area contributed by atoms with Crippen LogP contribution in [0.25, 0.3) is 10.6 Å². The molecule has 2 aromatic carbocycles. The summed E-state index contributed by atoms with van der Waals surface area (Å²) in [5.74, 6) is -1.71. The molecule has 1 unspecified atom stereocenters. The molecular formula is C20H15F3N2O3S. The zero-order valence-electron chi connectivity index (χ0n) is 14.8. The second-order valence-corrected chi connectivity index (χ2v) is 7.00. The van der Waals surface area contributed by atoms with Gasteiger partial charge >= 0.3 is 12.1 Å². The number of carbonyl (C=O) groups is 2. The van der Waals surface area contributed by atoms with Gasteiger partial charge in [0.2, 0.25) is 5.91 Å². The van der Waals surface area contributed by atoms with Crippen LogP contribution < -0.4 is 5.32 Å². The third kappa shape index (κ3) is 5.20. The Kier molecular flexibility index (Phi) is 5.97. The number of thiazole rings is 1. The van der Waals surface area contributed by atoms with E-state index in [0.29, 0.717) is 21.8 Å². The van der Waals surface area contributed by atoms with Crippen LogP contribution in [0.4, 0.5) is 13.2 Å². The molecular weight excluding hydrogens is 405 g/mol. The first-order chi connectivity index (χ1) is 13.7. The van der Waals surface area contributed by atoms with E-state index in [4.69, 9.17) is 0 Å². The second kappa shape index (κ2) is 8.44. The molecule has 1 atom stereocenters. The standard InChI is InChI=1S/C20H15F3N2O3S/c21-20(22,23)14-8-6-13(7-9-14)18-24-15(11-29-18)10-16(26)25-17(19(27)28)12-4-2-1-3-5-12/h1-9,11,17H,10H2,(H,25,26)(H,27,28). The Bertz CT molecular complexity index is 1000. The quantitative estimate of drug-likeness (QED) is 0.623.